The number of carbonyl (C=O) groups is 2. The average molecular weight is 420 g/mol. The highest BCUT2D eigenvalue weighted by Crippen LogP contribution is 2.38. The van der Waals surface area contributed by atoms with Crippen molar-refractivity contribution < 1.29 is 23.5 Å². The molecule has 2 unspecified atom stereocenters. The highest BCUT2D eigenvalue weighted by molar-refractivity contribution is 6.25. The van der Waals surface area contributed by atoms with Gasteiger partial charge in [0.15, 0.2) is 17.5 Å². The Morgan fingerprint density at radius 1 is 1.17 bits per heavy atom. The minimum atomic E-state index is -2.00. The Labute approximate surface area is 173 Å². The average Bonchev–Trinajstić information content (AvgIpc) is 2.74. The third-order valence-corrected chi connectivity index (χ3v) is 6.68. The van der Waals surface area contributed by atoms with Crippen LogP contribution in [0, 0.1) is 23.6 Å². The van der Waals surface area contributed by atoms with Gasteiger partial charge in [-0.05, 0) is 62.7 Å². The molecule has 3 aliphatic rings. The fraction of sp³-hybridized carbons (Fsp3) is 0.571. The summed E-state index contributed by atoms with van der Waals surface area (Å²) in [6.45, 7) is 3.21. The zero-order valence-corrected chi connectivity index (χ0v) is 16.6. The van der Waals surface area contributed by atoms with E-state index in [-0.39, 0.29) is 17.3 Å². The molecule has 0 bridgehead atoms. The Balaban J connectivity index is 1.49. The van der Waals surface area contributed by atoms with E-state index < -0.39 is 35.1 Å². The van der Waals surface area contributed by atoms with E-state index >= 15 is 4.39 Å². The van der Waals surface area contributed by atoms with Crippen molar-refractivity contribution >= 4 is 29.1 Å². The second kappa shape index (κ2) is 8.39. The van der Waals surface area contributed by atoms with Gasteiger partial charge in [-0.15, -0.1) is 0 Å². The van der Waals surface area contributed by atoms with Crippen LogP contribution in [0.3, 0.4) is 0 Å². The number of carboxylic acids is 1. The fourth-order valence-corrected chi connectivity index (χ4v) is 4.89. The Hall–Kier alpha value is -2.39. The van der Waals surface area contributed by atoms with Gasteiger partial charge >= 0.3 is 5.97 Å². The van der Waals surface area contributed by atoms with E-state index in [1.807, 2.05) is 4.90 Å². The number of ketones is 1. The molecule has 2 saturated heterocycles. The molecule has 3 aliphatic heterocycles. The number of halogens is 2. The molecular formula is C21H26F2N4O3. The lowest BCUT2D eigenvalue weighted by molar-refractivity contribution is -0.138. The monoisotopic (exact) mass is 420 g/mol. The molecule has 2 atom stereocenters. The van der Waals surface area contributed by atoms with Crippen LogP contribution in [0.5, 0.6) is 0 Å². The van der Waals surface area contributed by atoms with Crippen LogP contribution < -0.4 is 16.0 Å². The van der Waals surface area contributed by atoms with Crippen LogP contribution in [0.2, 0.25) is 0 Å². The number of nitrogens with zero attached hydrogens (tertiary/aromatic N) is 2. The third kappa shape index (κ3) is 3.72. The van der Waals surface area contributed by atoms with Crippen molar-refractivity contribution in [2.24, 2.45) is 28.5 Å². The number of fused-ring (bicyclic) bond motifs is 1. The van der Waals surface area contributed by atoms with Crippen LogP contribution in [0.1, 0.15) is 36.0 Å². The van der Waals surface area contributed by atoms with Crippen molar-refractivity contribution in [1.29, 1.82) is 0 Å². The highest BCUT2D eigenvalue weighted by atomic mass is 19.1. The number of nitrogens with two attached hydrogens (primary N) is 1. The summed E-state index contributed by atoms with van der Waals surface area (Å²) in [5.74, 6) is -5.92. The maximum Gasteiger partial charge on any atom is 0.323 e. The molecule has 1 aromatic rings. The molecule has 0 spiro atoms. The number of nitrogens with one attached hydrogen (secondary N) is 1. The number of carbonyl (C=O) groups excluding carboxylic acids is 1. The summed E-state index contributed by atoms with van der Waals surface area (Å²) in [4.78, 5) is 28.7. The number of Topliss-reactive ketones (excluding diaryl/α,β-unsaturated/α-hetero) is 1. The van der Waals surface area contributed by atoms with Gasteiger partial charge in [0.2, 0.25) is 5.97 Å². The van der Waals surface area contributed by atoms with Crippen molar-refractivity contribution in [3.63, 3.8) is 0 Å². The Morgan fingerprint density at radius 3 is 2.43 bits per heavy atom. The Morgan fingerprint density at radius 2 is 1.80 bits per heavy atom. The van der Waals surface area contributed by atoms with Crippen LogP contribution in [0.25, 0.3) is 0 Å². The van der Waals surface area contributed by atoms with E-state index in [9.17, 15) is 14.0 Å². The van der Waals surface area contributed by atoms with Gasteiger partial charge in [-0.1, -0.05) is 0 Å². The molecule has 0 radical (unpaired) electrons. The molecule has 9 heteroatoms. The number of carboxylic acid groups (broad SMARTS) is 1. The highest BCUT2D eigenvalue weighted by Gasteiger charge is 2.40. The van der Waals surface area contributed by atoms with Gasteiger partial charge in [0.05, 0.1) is 5.69 Å². The van der Waals surface area contributed by atoms with Crippen LogP contribution in [-0.2, 0) is 4.79 Å². The Kier molecular flexibility index (Phi) is 5.84. The van der Waals surface area contributed by atoms with Gasteiger partial charge in [0.1, 0.15) is 5.69 Å². The molecular weight excluding hydrogens is 394 g/mol. The molecule has 7 nitrogen and oxygen atoms in total. The fourth-order valence-electron chi connectivity index (χ4n) is 4.89. The number of anilines is 1. The SMILES string of the molecule is NC(C1CCNCC1)C1CCN(c2ccc3c(c2F)N=C(F)C(C(=O)O)C3=O)CC1. The van der Waals surface area contributed by atoms with Crippen molar-refractivity contribution in [2.75, 3.05) is 31.1 Å². The van der Waals surface area contributed by atoms with Gasteiger partial charge < -0.3 is 21.1 Å². The minimum absolute atomic E-state index is 0.131. The summed E-state index contributed by atoms with van der Waals surface area (Å²) in [6.07, 6.45) is 3.82. The molecule has 0 aliphatic carbocycles. The predicted octanol–water partition coefficient (Wildman–Crippen LogP) is 2.27. The van der Waals surface area contributed by atoms with E-state index in [1.165, 1.54) is 12.1 Å². The van der Waals surface area contributed by atoms with Crippen molar-refractivity contribution in [2.45, 2.75) is 31.7 Å². The normalized spacial score (nSPS) is 24.4. The van der Waals surface area contributed by atoms with E-state index in [0.717, 1.165) is 38.8 Å². The number of aliphatic imine (C=N–C) groups is 1. The van der Waals surface area contributed by atoms with Crippen LogP contribution in [0.15, 0.2) is 17.1 Å². The van der Waals surface area contributed by atoms with E-state index in [4.69, 9.17) is 10.8 Å². The summed E-state index contributed by atoms with van der Waals surface area (Å²) in [6, 6.07) is 2.93. The third-order valence-electron chi connectivity index (χ3n) is 6.68. The molecule has 1 aromatic carbocycles. The smallest absolute Gasteiger partial charge is 0.323 e. The lowest BCUT2D eigenvalue weighted by Gasteiger charge is -2.40. The first-order chi connectivity index (χ1) is 14.4. The molecule has 0 aromatic heterocycles. The van der Waals surface area contributed by atoms with Gasteiger partial charge in [-0.3, -0.25) is 9.59 Å². The minimum Gasteiger partial charge on any atom is -0.480 e. The number of hydrogen-bond donors (Lipinski definition) is 3. The number of hydrogen-bond acceptors (Lipinski definition) is 6. The summed E-state index contributed by atoms with van der Waals surface area (Å²) in [5.41, 5.74) is 6.16. The Bertz CT molecular complexity index is 877. The molecule has 4 rings (SSSR count). The van der Waals surface area contributed by atoms with Gasteiger partial charge in [-0.25, -0.2) is 9.38 Å². The molecule has 162 valence electrons. The number of aliphatic carboxylic acids is 1. The van der Waals surface area contributed by atoms with E-state index in [1.54, 1.807) is 0 Å². The maximum atomic E-state index is 15.1. The zero-order chi connectivity index (χ0) is 21.4. The summed E-state index contributed by atoms with van der Waals surface area (Å²) in [7, 11) is 0. The zero-order valence-electron chi connectivity index (χ0n) is 16.6. The molecule has 0 saturated carbocycles. The topological polar surface area (TPSA) is 108 Å². The first kappa shape index (κ1) is 20.9. The second-order valence-corrected chi connectivity index (χ2v) is 8.35. The molecule has 0 amide bonds. The predicted molar refractivity (Wildman–Crippen MR) is 109 cm³/mol. The van der Waals surface area contributed by atoms with Crippen molar-refractivity contribution in [1.82, 2.24) is 5.32 Å². The lowest BCUT2D eigenvalue weighted by atomic mass is 9.79. The number of rotatable bonds is 4. The van der Waals surface area contributed by atoms with Gasteiger partial charge in [0.25, 0.3) is 0 Å². The second-order valence-electron chi connectivity index (χ2n) is 8.35. The summed E-state index contributed by atoms with van der Waals surface area (Å²) < 4.78 is 29.2. The van der Waals surface area contributed by atoms with E-state index in [2.05, 4.69) is 10.3 Å². The molecule has 3 heterocycles. The molecule has 2 fully saturated rings. The van der Waals surface area contributed by atoms with Crippen LogP contribution >= 0.6 is 0 Å². The number of piperidine rings is 2. The quantitative estimate of drug-likeness (QED) is 0.645. The standard InChI is InChI=1S/C21H26F2N4O3/c22-16-14(2-1-13-18(16)26-20(23)15(19(13)28)21(29)30)27-9-5-12(6-10-27)17(24)11-3-7-25-8-4-11/h1-2,11-12,15,17,25H,3-10,24H2,(H,29,30). The lowest BCUT2D eigenvalue weighted by Crippen LogP contribution is -2.47. The maximum absolute atomic E-state index is 15.1. The van der Waals surface area contributed by atoms with Gasteiger partial charge in [0, 0.05) is 24.7 Å². The van der Waals surface area contributed by atoms with E-state index in [0.29, 0.717) is 24.9 Å². The van der Waals surface area contributed by atoms with Crippen LogP contribution in [-0.4, -0.2) is 55.0 Å². The molecule has 30 heavy (non-hydrogen) atoms. The largest absolute Gasteiger partial charge is 0.480 e. The summed E-state index contributed by atoms with van der Waals surface area (Å²) in [5, 5.41) is 12.4. The van der Waals surface area contributed by atoms with Crippen LogP contribution in [0.4, 0.5) is 20.2 Å². The van der Waals surface area contributed by atoms with Crippen molar-refractivity contribution in [3.8, 4) is 0 Å². The molecule has 4 N–H and O–H groups in total. The summed E-state index contributed by atoms with van der Waals surface area (Å²) >= 11 is 0. The number of benzene rings is 1. The first-order valence-electron chi connectivity index (χ1n) is 10.4. The van der Waals surface area contributed by atoms with Gasteiger partial charge in [-0.2, -0.15) is 4.39 Å². The van der Waals surface area contributed by atoms with Crippen molar-refractivity contribution in [3.05, 3.63) is 23.5 Å². The first-order valence-corrected chi connectivity index (χ1v) is 10.4.